The average molecular weight is 478 g/mol. The number of allylic oxidation sites excluding steroid dienone is 1. The van der Waals surface area contributed by atoms with Gasteiger partial charge in [0, 0.05) is 28.6 Å². The smallest absolute Gasteiger partial charge is 0.309 e. The van der Waals surface area contributed by atoms with E-state index in [1.54, 1.807) is 17.8 Å². The molecule has 0 saturated carbocycles. The van der Waals surface area contributed by atoms with Gasteiger partial charge in [-0.15, -0.1) is 0 Å². The number of halogens is 2. The van der Waals surface area contributed by atoms with Crippen LogP contribution in [0.3, 0.4) is 0 Å². The summed E-state index contributed by atoms with van der Waals surface area (Å²) >= 11 is 14.4. The lowest BCUT2D eigenvalue weighted by Crippen LogP contribution is -2.36. The summed E-state index contributed by atoms with van der Waals surface area (Å²) in [5, 5.41) is 0.902. The minimum absolute atomic E-state index is 0.00901. The van der Waals surface area contributed by atoms with Gasteiger partial charge in [0.25, 0.3) is 0 Å². The molecule has 2 aromatic carbocycles. The number of ketones is 1. The van der Waals surface area contributed by atoms with Crippen LogP contribution in [0.4, 0.5) is 5.69 Å². The van der Waals surface area contributed by atoms with Gasteiger partial charge in [-0.2, -0.15) is 0 Å². The van der Waals surface area contributed by atoms with E-state index in [9.17, 15) is 9.59 Å². The van der Waals surface area contributed by atoms with Gasteiger partial charge < -0.3 is 9.64 Å². The minimum atomic E-state index is -0.0837. The number of benzene rings is 2. The Hall–Kier alpha value is -1.95. The zero-order valence-corrected chi connectivity index (χ0v) is 19.9. The fraction of sp³-hybridized carbons (Fsp3) is 0.333. The van der Waals surface area contributed by atoms with Crippen molar-refractivity contribution in [2.24, 2.45) is 5.92 Å². The van der Waals surface area contributed by atoms with Crippen LogP contribution in [0.25, 0.3) is 6.08 Å². The first-order valence-corrected chi connectivity index (χ1v) is 11.8. The molecule has 1 aliphatic rings. The second-order valence-electron chi connectivity index (χ2n) is 7.34. The highest BCUT2D eigenvalue weighted by atomic mass is 35.5. The molecular weight excluding hydrogens is 453 g/mol. The summed E-state index contributed by atoms with van der Waals surface area (Å²) < 4.78 is 5.16. The predicted octanol–water partition coefficient (Wildman–Crippen LogP) is 6.53. The molecule has 0 amide bonds. The quantitative estimate of drug-likeness (QED) is 0.335. The first-order valence-electron chi connectivity index (χ1n) is 10.2. The maximum Gasteiger partial charge on any atom is 0.309 e. The highest BCUT2D eigenvalue weighted by Gasteiger charge is 2.26. The number of carbonyl (C=O) groups is 2. The Kier molecular flexibility index (Phi) is 8.47. The van der Waals surface area contributed by atoms with Crippen molar-refractivity contribution in [1.82, 2.24) is 0 Å². The van der Waals surface area contributed by atoms with Crippen molar-refractivity contribution in [3.8, 4) is 0 Å². The lowest BCUT2D eigenvalue weighted by atomic mass is 9.96. The first kappa shape index (κ1) is 23.7. The molecule has 0 radical (unpaired) electrons. The normalized spacial score (nSPS) is 14.8. The molecule has 3 rings (SSSR count). The zero-order chi connectivity index (χ0) is 22.4. The van der Waals surface area contributed by atoms with E-state index in [0.717, 1.165) is 41.4 Å². The van der Waals surface area contributed by atoms with Crippen LogP contribution in [0, 0.1) is 5.92 Å². The van der Waals surface area contributed by atoms with Crippen LogP contribution in [-0.4, -0.2) is 31.4 Å². The molecule has 0 unspecified atom stereocenters. The molecule has 0 atom stereocenters. The van der Waals surface area contributed by atoms with Crippen molar-refractivity contribution in [3.05, 3.63) is 58.1 Å². The molecular formula is C24H25Cl2NO3S. The molecule has 1 aliphatic heterocycles. The number of hydrogen-bond acceptors (Lipinski definition) is 5. The molecule has 0 N–H and O–H groups in total. The molecule has 164 valence electrons. The third-order valence-corrected chi connectivity index (χ3v) is 7.16. The largest absolute Gasteiger partial charge is 0.466 e. The lowest BCUT2D eigenvalue weighted by Gasteiger charge is -2.32. The Morgan fingerprint density at radius 3 is 2.58 bits per heavy atom. The number of carbonyl (C=O) groups excluding carboxylic acids is 2. The van der Waals surface area contributed by atoms with Gasteiger partial charge >= 0.3 is 5.97 Å². The van der Waals surface area contributed by atoms with Gasteiger partial charge in [0.05, 0.1) is 22.6 Å². The molecule has 4 nitrogen and oxygen atoms in total. The van der Waals surface area contributed by atoms with Crippen LogP contribution in [-0.2, 0) is 14.3 Å². The van der Waals surface area contributed by atoms with E-state index in [1.807, 2.05) is 31.2 Å². The van der Waals surface area contributed by atoms with Crippen LogP contribution in [0.15, 0.2) is 52.3 Å². The average Bonchev–Trinajstić information content (AvgIpc) is 2.77. The van der Waals surface area contributed by atoms with E-state index in [1.165, 1.54) is 13.0 Å². The standard InChI is InChI=1S/C24H25Cl2NO3S/c1-3-30-24(29)18-11-13-27(14-12-18)19-5-4-6-20(15-19)31-21-10-9-17(8-7-16(2)28)22(25)23(21)26/h4-10,15,18H,3,11-14H2,1-2H3/b8-7+. The predicted molar refractivity (Wildman–Crippen MR) is 128 cm³/mol. The summed E-state index contributed by atoms with van der Waals surface area (Å²) in [6.07, 6.45) is 4.74. The van der Waals surface area contributed by atoms with Gasteiger partial charge in [-0.25, -0.2) is 0 Å². The number of anilines is 1. The SMILES string of the molecule is CCOC(=O)C1CCN(c2cccc(Sc3ccc(/C=C/C(C)=O)c(Cl)c3Cl)c2)CC1. The Labute approximate surface area is 197 Å². The third kappa shape index (κ3) is 6.28. The number of esters is 1. The summed E-state index contributed by atoms with van der Waals surface area (Å²) in [6.45, 7) is 5.40. The Bertz CT molecular complexity index is 985. The van der Waals surface area contributed by atoms with Crippen molar-refractivity contribution >= 4 is 58.5 Å². The number of piperidine rings is 1. The molecule has 2 aromatic rings. The molecule has 0 bridgehead atoms. The molecule has 0 spiro atoms. The number of ether oxygens (including phenoxy) is 1. The summed E-state index contributed by atoms with van der Waals surface area (Å²) in [7, 11) is 0. The van der Waals surface area contributed by atoms with Crippen LogP contribution >= 0.6 is 35.0 Å². The van der Waals surface area contributed by atoms with Gasteiger partial charge in [0.15, 0.2) is 5.78 Å². The summed E-state index contributed by atoms with van der Waals surface area (Å²) in [4.78, 5) is 27.3. The van der Waals surface area contributed by atoms with Crippen LogP contribution in [0.1, 0.15) is 32.3 Å². The maximum absolute atomic E-state index is 12.0. The second-order valence-corrected chi connectivity index (χ2v) is 9.21. The van der Waals surface area contributed by atoms with E-state index in [0.29, 0.717) is 22.2 Å². The highest BCUT2D eigenvalue weighted by molar-refractivity contribution is 7.99. The van der Waals surface area contributed by atoms with Crippen molar-refractivity contribution in [3.63, 3.8) is 0 Å². The van der Waals surface area contributed by atoms with Crippen LogP contribution < -0.4 is 4.90 Å². The summed E-state index contributed by atoms with van der Waals surface area (Å²) in [6, 6.07) is 12.0. The zero-order valence-electron chi connectivity index (χ0n) is 17.6. The third-order valence-electron chi connectivity index (χ3n) is 5.10. The maximum atomic E-state index is 12.0. The van der Waals surface area contributed by atoms with Gasteiger partial charge in [-0.05, 0) is 68.7 Å². The lowest BCUT2D eigenvalue weighted by molar-refractivity contribution is -0.148. The van der Waals surface area contributed by atoms with Crippen LogP contribution in [0.5, 0.6) is 0 Å². The summed E-state index contributed by atoms with van der Waals surface area (Å²) in [5.41, 5.74) is 1.83. The van der Waals surface area contributed by atoms with Crippen molar-refractivity contribution in [1.29, 1.82) is 0 Å². The molecule has 31 heavy (non-hydrogen) atoms. The fourth-order valence-electron chi connectivity index (χ4n) is 3.47. The highest BCUT2D eigenvalue weighted by Crippen LogP contribution is 2.40. The van der Waals surface area contributed by atoms with Gasteiger partial charge in [-0.1, -0.05) is 47.1 Å². The molecule has 1 heterocycles. The Morgan fingerprint density at radius 1 is 1.16 bits per heavy atom. The van der Waals surface area contributed by atoms with E-state index in [4.69, 9.17) is 27.9 Å². The van der Waals surface area contributed by atoms with E-state index >= 15 is 0 Å². The Balaban J connectivity index is 1.70. The topological polar surface area (TPSA) is 46.6 Å². The monoisotopic (exact) mass is 477 g/mol. The van der Waals surface area contributed by atoms with Gasteiger partial charge in [-0.3, -0.25) is 9.59 Å². The second kappa shape index (κ2) is 11.1. The van der Waals surface area contributed by atoms with E-state index < -0.39 is 0 Å². The summed E-state index contributed by atoms with van der Waals surface area (Å²) in [5.74, 6) is -0.140. The molecule has 1 saturated heterocycles. The number of nitrogens with zero attached hydrogens (tertiary/aromatic N) is 1. The van der Waals surface area contributed by atoms with Crippen molar-refractivity contribution in [2.45, 2.75) is 36.5 Å². The van der Waals surface area contributed by atoms with Gasteiger partial charge in [0.2, 0.25) is 0 Å². The number of hydrogen-bond donors (Lipinski definition) is 0. The molecule has 0 aliphatic carbocycles. The molecule has 0 aromatic heterocycles. The van der Waals surface area contributed by atoms with Crippen LogP contribution in [0.2, 0.25) is 10.0 Å². The number of rotatable bonds is 7. The molecule has 1 fully saturated rings. The molecule has 7 heteroatoms. The van der Waals surface area contributed by atoms with Crippen molar-refractivity contribution < 1.29 is 14.3 Å². The van der Waals surface area contributed by atoms with Gasteiger partial charge in [0.1, 0.15) is 0 Å². The van der Waals surface area contributed by atoms with Crippen molar-refractivity contribution in [2.75, 3.05) is 24.6 Å². The van der Waals surface area contributed by atoms with E-state index in [-0.39, 0.29) is 17.7 Å². The fourth-order valence-corrected chi connectivity index (χ4v) is 4.95. The minimum Gasteiger partial charge on any atom is -0.466 e. The Morgan fingerprint density at radius 2 is 1.90 bits per heavy atom. The first-order chi connectivity index (χ1) is 14.9. The van der Waals surface area contributed by atoms with E-state index in [2.05, 4.69) is 17.0 Å².